The molecule has 4 nitrogen and oxygen atoms in total. The highest BCUT2D eigenvalue weighted by Crippen LogP contribution is 2.17. The monoisotopic (exact) mass is 278 g/mol. The standard InChI is InChI=1S/C14H15ClN2O2/c1-2-3-4-12-9-13(14(18)19)16-17(12)11-7-5-10(15)6-8-11/h5-9H,2-4H2,1H3,(H,18,19). The number of hydrogen-bond acceptors (Lipinski definition) is 2. The second kappa shape index (κ2) is 5.89. The van der Waals surface area contributed by atoms with Crippen LogP contribution in [0, 0.1) is 0 Å². The van der Waals surface area contributed by atoms with E-state index in [1.165, 1.54) is 0 Å². The summed E-state index contributed by atoms with van der Waals surface area (Å²) in [5, 5.41) is 13.8. The molecule has 1 heterocycles. The van der Waals surface area contributed by atoms with Gasteiger partial charge in [-0.2, -0.15) is 5.10 Å². The third-order valence-corrected chi connectivity index (χ3v) is 3.11. The lowest BCUT2D eigenvalue weighted by Gasteiger charge is -2.06. The third kappa shape index (κ3) is 3.15. The van der Waals surface area contributed by atoms with Crippen molar-refractivity contribution in [3.8, 4) is 5.69 Å². The normalized spacial score (nSPS) is 10.6. The molecule has 0 bridgehead atoms. The summed E-state index contributed by atoms with van der Waals surface area (Å²) in [6.07, 6.45) is 2.85. The van der Waals surface area contributed by atoms with Crippen molar-refractivity contribution < 1.29 is 9.90 Å². The fourth-order valence-corrected chi connectivity index (χ4v) is 1.99. The fourth-order valence-electron chi connectivity index (χ4n) is 1.87. The van der Waals surface area contributed by atoms with Gasteiger partial charge in [-0.25, -0.2) is 9.48 Å². The van der Waals surface area contributed by atoms with Gasteiger partial charge in [0, 0.05) is 10.7 Å². The average molecular weight is 279 g/mol. The van der Waals surface area contributed by atoms with Crippen molar-refractivity contribution in [1.82, 2.24) is 9.78 Å². The van der Waals surface area contributed by atoms with Gasteiger partial charge in [-0.15, -0.1) is 0 Å². The second-order valence-corrected chi connectivity index (χ2v) is 4.75. The Kier molecular flexibility index (Phi) is 4.22. The molecule has 1 aromatic heterocycles. The van der Waals surface area contributed by atoms with Crippen LogP contribution in [0.15, 0.2) is 30.3 Å². The SMILES string of the molecule is CCCCc1cc(C(=O)O)nn1-c1ccc(Cl)cc1. The lowest BCUT2D eigenvalue weighted by atomic mass is 10.2. The van der Waals surface area contributed by atoms with Gasteiger partial charge in [0.2, 0.25) is 0 Å². The largest absolute Gasteiger partial charge is 0.476 e. The van der Waals surface area contributed by atoms with Crippen molar-refractivity contribution in [2.45, 2.75) is 26.2 Å². The lowest BCUT2D eigenvalue weighted by Crippen LogP contribution is -2.03. The Balaban J connectivity index is 2.41. The highest BCUT2D eigenvalue weighted by Gasteiger charge is 2.13. The molecule has 0 aliphatic heterocycles. The first kappa shape index (κ1) is 13.6. The van der Waals surface area contributed by atoms with Crippen LogP contribution in [0.1, 0.15) is 35.9 Å². The summed E-state index contributed by atoms with van der Waals surface area (Å²) in [5.74, 6) is -1.01. The van der Waals surface area contributed by atoms with Gasteiger partial charge < -0.3 is 5.11 Å². The van der Waals surface area contributed by atoms with Crippen molar-refractivity contribution >= 4 is 17.6 Å². The molecule has 0 atom stereocenters. The Bertz CT molecular complexity index is 576. The highest BCUT2D eigenvalue weighted by atomic mass is 35.5. The lowest BCUT2D eigenvalue weighted by molar-refractivity contribution is 0.0690. The van der Waals surface area contributed by atoms with Gasteiger partial charge >= 0.3 is 5.97 Å². The van der Waals surface area contributed by atoms with E-state index < -0.39 is 5.97 Å². The van der Waals surface area contributed by atoms with E-state index in [9.17, 15) is 4.79 Å². The molecule has 19 heavy (non-hydrogen) atoms. The number of hydrogen-bond donors (Lipinski definition) is 1. The first-order valence-corrected chi connectivity index (χ1v) is 6.57. The van der Waals surface area contributed by atoms with E-state index >= 15 is 0 Å². The van der Waals surface area contributed by atoms with Gasteiger partial charge in [0.1, 0.15) is 0 Å². The van der Waals surface area contributed by atoms with E-state index in [0.29, 0.717) is 5.02 Å². The summed E-state index contributed by atoms with van der Waals surface area (Å²) >= 11 is 5.85. The molecule has 0 radical (unpaired) electrons. The molecule has 2 aromatic rings. The number of aromatic nitrogens is 2. The van der Waals surface area contributed by atoms with Gasteiger partial charge in [-0.1, -0.05) is 24.9 Å². The fraction of sp³-hybridized carbons (Fsp3) is 0.286. The van der Waals surface area contributed by atoms with Crippen LogP contribution in [0.3, 0.4) is 0 Å². The topological polar surface area (TPSA) is 55.1 Å². The Morgan fingerprint density at radius 1 is 1.37 bits per heavy atom. The number of halogens is 1. The number of carbonyl (C=O) groups is 1. The molecule has 0 fully saturated rings. The van der Waals surface area contributed by atoms with Crippen LogP contribution in [0.25, 0.3) is 5.69 Å². The van der Waals surface area contributed by atoms with E-state index in [4.69, 9.17) is 16.7 Å². The van der Waals surface area contributed by atoms with E-state index in [1.807, 2.05) is 12.1 Å². The third-order valence-electron chi connectivity index (χ3n) is 2.86. The van der Waals surface area contributed by atoms with Crippen molar-refractivity contribution in [1.29, 1.82) is 0 Å². The number of benzene rings is 1. The Morgan fingerprint density at radius 2 is 2.05 bits per heavy atom. The van der Waals surface area contributed by atoms with Crippen molar-refractivity contribution in [2.24, 2.45) is 0 Å². The molecular weight excluding hydrogens is 264 g/mol. The van der Waals surface area contributed by atoms with Crippen LogP contribution >= 0.6 is 11.6 Å². The molecule has 0 aliphatic rings. The average Bonchev–Trinajstić information content (AvgIpc) is 2.81. The molecule has 0 saturated heterocycles. The van der Waals surface area contributed by atoms with Gasteiger partial charge in [0.25, 0.3) is 0 Å². The number of nitrogens with zero attached hydrogens (tertiary/aromatic N) is 2. The molecule has 100 valence electrons. The predicted octanol–water partition coefficient (Wildman–Crippen LogP) is 3.57. The number of carboxylic acid groups (broad SMARTS) is 1. The van der Waals surface area contributed by atoms with Crippen molar-refractivity contribution in [2.75, 3.05) is 0 Å². The summed E-state index contributed by atoms with van der Waals surface area (Å²) < 4.78 is 1.68. The van der Waals surface area contributed by atoms with Crippen LogP contribution in [-0.4, -0.2) is 20.9 Å². The summed E-state index contributed by atoms with van der Waals surface area (Å²) in [6, 6.07) is 8.82. The zero-order chi connectivity index (χ0) is 13.8. The van der Waals surface area contributed by atoms with Crippen LogP contribution in [0.2, 0.25) is 5.02 Å². The van der Waals surface area contributed by atoms with Crippen LogP contribution in [0.5, 0.6) is 0 Å². The summed E-state index contributed by atoms with van der Waals surface area (Å²) in [7, 11) is 0. The van der Waals surface area contributed by atoms with Gasteiger partial charge in [-0.05, 0) is 43.2 Å². The summed E-state index contributed by atoms with van der Waals surface area (Å²) in [5.41, 5.74) is 1.80. The van der Waals surface area contributed by atoms with Crippen molar-refractivity contribution in [3.05, 3.63) is 46.7 Å². The second-order valence-electron chi connectivity index (χ2n) is 4.32. The summed E-state index contributed by atoms with van der Waals surface area (Å²) in [6.45, 7) is 2.10. The Labute approximate surface area is 116 Å². The van der Waals surface area contributed by atoms with Crippen LogP contribution in [0.4, 0.5) is 0 Å². The Hall–Kier alpha value is -1.81. The molecule has 0 aliphatic carbocycles. The van der Waals surface area contributed by atoms with Gasteiger partial charge in [0.05, 0.1) is 5.69 Å². The first-order valence-electron chi connectivity index (χ1n) is 6.20. The quantitative estimate of drug-likeness (QED) is 0.910. The molecule has 0 saturated carbocycles. The molecule has 1 aromatic carbocycles. The van der Waals surface area contributed by atoms with Gasteiger partial charge in [0.15, 0.2) is 5.69 Å². The zero-order valence-electron chi connectivity index (χ0n) is 10.6. The molecule has 2 rings (SSSR count). The highest BCUT2D eigenvalue weighted by molar-refractivity contribution is 6.30. The van der Waals surface area contributed by atoms with Crippen LogP contribution < -0.4 is 0 Å². The molecule has 0 spiro atoms. The minimum Gasteiger partial charge on any atom is -0.476 e. The molecular formula is C14H15ClN2O2. The van der Waals surface area contributed by atoms with E-state index in [0.717, 1.165) is 30.6 Å². The molecule has 5 heteroatoms. The number of aryl methyl sites for hydroxylation is 1. The number of carboxylic acids is 1. The van der Waals surface area contributed by atoms with E-state index in [-0.39, 0.29) is 5.69 Å². The number of unbranched alkanes of at least 4 members (excludes halogenated alkanes) is 1. The smallest absolute Gasteiger partial charge is 0.356 e. The Morgan fingerprint density at radius 3 is 2.63 bits per heavy atom. The maximum absolute atomic E-state index is 11.0. The van der Waals surface area contributed by atoms with Crippen molar-refractivity contribution in [3.63, 3.8) is 0 Å². The first-order chi connectivity index (χ1) is 9.11. The van der Waals surface area contributed by atoms with E-state index in [1.54, 1.807) is 22.9 Å². The maximum Gasteiger partial charge on any atom is 0.356 e. The molecule has 1 N–H and O–H groups in total. The molecule has 0 amide bonds. The zero-order valence-corrected chi connectivity index (χ0v) is 11.4. The number of aromatic carboxylic acids is 1. The van der Waals surface area contributed by atoms with E-state index in [2.05, 4.69) is 12.0 Å². The summed E-state index contributed by atoms with van der Waals surface area (Å²) in [4.78, 5) is 11.0. The van der Waals surface area contributed by atoms with Crippen LogP contribution in [-0.2, 0) is 6.42 Å². The predicted molar refractivity (Wildman–Crippen MR) is 74.1 cm³/mol. The maximum atomic E-state index is 11.0. The molecule has 0 unspecified atom stereocenters. The minimum absolute atomic E-state index is 0.0704. The van der Waals surface area contributed by atoms with Gasteiger partial charge in [-0.3, -0.25) is 0 Å². The number of rotatable bonds is 5. The minimum atomic E-state index is -1.01.